The highest BCUT2D eigenvalue weighted by Gasteiger charge is 2.08. The summed E-state index contributed by atoms with van der Waals surface area (Å²) >= 11 is 3.37. The summed E-state index contributed by atoms with van der Waals surface area (Å²) in [7, 11) is 0. The van der Waals surface area contributed by atoms with Crippen molar-refractivity contribution in [2.75, 3.05) is 0 Å². The Bertz CT molecular complexity index is 759. The Morgan fingerprint density at radius 2 is 1.70 bits per heavy atom. The first-order valence-corrected chi connectivity index (χ1v) is 7.84. The monoisotopic (exact) mass is 366 g/mol. The second-order valence-corrected chi connectivity index (χ2v) is 5.69. The van der Waals surface area contributed by atoms with Crippen molar-refractivity contribution in [1.82, 2.24) is 5.32 Å². The molecule has 2 aromatic rings. The fraction of sp³-hybridized carbons (Fsp3) is 0.0526. The Morgan fingerprint density at radius 3 is 2.30 bits per heavy atom. The molecule has 0 saturated heterocycles. The molecule has 114 valence electrons. The molecule has 1 N–H and O–H groups in total. The van der Waals surface area contributed by atoms with E-state index < -0.39 is 5.91 Å². The zero-order valence-corrected chi connectivity index (χ0v) is 14.0. The highest BCUT2D eigenvalue weighted by atomic mass is 79.9. The van der Waals surface area contributed by atoms with Gasteiger partial charge >= 0.3 is 0 Å². The van der Waals surface area contributed by atoms with Crippen molar-refractivity contribution in [2.24, 2.45) is 0 Å². The van der Waals surface area contributed by atoms with Crippen LogP contribution in [-0.2, 0) is 11.3 Å². The molecule has 0 aliphatic carbocycles. The van der Waals surface area contributed by atoms with Crippen molar-refractivity contribution < 1.29 is 4.79 Å². The van der Waals surface area contributed by atoms with E-state index in [0.29, 0.717) is 11.0 Å². The molecule has 0 saturated carbocycles. The van der Waals surface area contributed by atoms with Crippen LogP contribution in [0, 0.1) is 11.3 Å². The van der Waals surface area contributed by atoms with Crippen LogP contribution in [0.4, 0.5) is 0 Å². The van der Waals surface area contributed by atoms with Crippen LogP contribution in [0.25, 0.3) is 6.08 Å². The summed E-state index contributed by atoms with van der Waals surface area (Å²) in [6, 6.07) is 21.2. The van der Waals surface area contributed by atoms with Crippen molar-refractivity contribution in [3.8, 4) is 6.07 Å². The molecule has 0 bridgehead atoms. The largest absolute Gasteiger partial charge is 0.347 e. The number of carbonyl (C=O) groups is 1. The van der Waals surface area contributed by atoms with Gasteiger partial charge in [0.25, 0.3) is 5.91 Å². The maximum Gasteiger partial charge on any atom is 0.262 e. The molecular formula is C19H15BrN2O. The number of hydrogen-bond acceptors (Lipinski definition) is 2. The summed E-state index contributed by atoms with van der Waals surface area (Å²) in [5.74, 6) is -0.394. The Balaban J connectivity index is 2.04. The van der Waals surface area contributed by atoms with Gasteiger partial charge in [-0.05, 0) is 23.3 Å². The second-order valence-electron chi connectivity index (χ2n) is 4.78. The number of hydrogen-bond donors (Lipinski definition) is 1. The molecule has 2 rings (SSSR count). The molecule has 0 atom stereocenters. The van der Waals surface area contributed by atoms with Gasteiger partial charge < -0.3 is 5.32 Å². The Morgan fingerprint density at radius 1 is 1.09 bits per heavy atom. The fourth-order valence-electron chi connectivity index (χ4n) is 1.91. The maximum atomic E-state index is 12.1. The lowest BCUT2D eigenvalue weighted by atomic mass is 10.2. The highest BCUT2D eigenvalue weighted by Crippen LogP contribution is 2.15. The molecule has 0 unspecified atom stereocenters. The Labute approximate surface area is 144 Å². The average Bonchev–Trinajstić information content (AvgIpc) is 2.59. The molecule has 3 nitrogen and oxygen atoms in total. The van der Waals surface area contributed by atoms with Crippen LogP contribution in [0.5, 0.6) is 0 Å². The quantitative estimate of drug-likeness (QED) is 0.490. The van der Waals surface area contributed by atoms with Crippen molar-refractivity contribution >= 4 is 27.9 Å². The normalized spacial score (nSPS) is 11.7. The second kappa shape index (κ2) is 8.72. The summed E-state index contributed by atoms with van der Waals surface area (Å²) in [4.78, 5) is 12.1. The van der Waals surface area contributed by atoms with Crippen molar-refractivity contribution in [3.05, 3.63) is 87.9 Å². The third-order valence-electron chi connectivity index (χ3n) is 3.05. The lowest BCUT2D eigenvalue weighted by Gasteiger charge is -2.04. The van der Waals surface area contributed by atoms with Gasteiger partial charge in [0, 0.05) is 11.0 Å². The summed E-state index contributed by atoms with van der Waals surface area (Å²) in [6.45, 7) is 0.388. The molecule has 0 aliphatic rings. The van der Waals surface area contributed by atoms with Crippen molar-refractivity contribution in [3.63, 3.8) is 0 Å². The number of benzene rings is 2. The van der Waals surface area contributed by atoms with Crippen molar-refractivity contribution in [2.45, 2.75) is 6.54 Å². The zero-order valence-electron chi connectivity index (χ0n) is 12.4. The van der Waals surface area contributed by atoms with Crippen LogP contribution in [0.1, 0.15) is 11.1 Å². The molecule has 23 heavy (non-hydrogen) atoms. The average molecular weight is 367 g/mol. The van der Waals surface area contributed by atoms with E-state index in [9.17, 15) is 10.1 Å². The zero-order chi connectivity index (χ0) is 16.5. The van der Waals surface area contributed by atoms with Gasteiger partial charge in [-0.3, -0.25) is 4.79 Å². The van der Waals surface area contributed by atoms with E-state index in [4.69, 9.17) is 0 Å². The topological polar surface area (TPSA) is 52.9 Å². The van der Waals surface area contributed by atoms with Crippen LogP contribution in [0.2, 0.25) is 0 Å². The third-order valence-corrected chi connectivity index (χ3v) is 3.51. The van der Waals surface area contributed by atoms with Gasteiger partial charge in [0.2, 0.25) is 0 Å². The van der Waals surface area contributed by atoms with Crippen LogP contribution >= 0.6 is 15.9 Å². The van der Waals surface area contributed by atoms with E-state index in [-0.39, 0.29) is 5.57 Å². The Kier molecular flexibility index (Phi) is 6.34. The van der Waals surface area contributed by atoms with E-state index in [2.05, 4.69) is 21.2 Å². The Hall–Kier alpha value is -2.64. The van der Waals surface area contributed by atoms with E-state index in [1.54, 1.807) is 0 Å². The number of amides is 1. The molecule has 0 fully saturated rings. The van der Waals surface area contributed by atoms with Gasteiger partial charge in [-0.25, -0.2) is 0 Å². The number of nitriles is 1. The minimum Gasteiger partial charge on any atom is -0.347 e. The minimum absolute atomic E-state index is 0.0555. The molecule has 4 heteroatoms. The van der Waals surface area contributed by atoms with Crippen LogP contribution < -0.4 is 5.32 Å². The third kappa shape index (κ3) is 5.57. The molecular weight excluding hydrogens is 352 g/mol. The van der Waals surface area contributed by atoms with Gasteiger partial charge in [0.15, 0.2) is 0 Å². The summed E-state index contributed by atoms with van der Waals surface area (Å²) in [5, 5.41) is 11.9. The van der Waals surface area contributed by atoms with Gasteiger partial charge in [-0.2, -0.15) is 5.26 Å². The van der Waals surface area contributed by atoms with E-state index >= 15 is 0 Å². The number of rotatable bonds is 5. The highest BCUT2D eigenvalue weighted by molar-refractivity contribution is 9.12. The first-order chi connectivity index (χ1) is 11.2. The minimum atomic E-state index is -0.394. The molecule has 0 spiro atoms. The smallest absolute Gasteiger partial charge is 0.262 e. The van der Waals surface area contributed by atoms with Crippen molar-refractivity contribution in [1.29, 1.82) is 5.26 Å². The maximum absolute atomic E-state index is 12.1. The number of carbonyl (C=O) groups excluding carboxylic acids is 1. The number of nitrogens with one attached hydrogen (secondary N) is 1. The molecule has 0 aliphatic heterocycles. The van der Waals surface area contributed by atoms with Gasteiger partial charge in [0.1, 0.15) is 11.6 Å². The van der Waals surface area contributed by atoms with Gasteiger partial charge in [-0.15, -0.1) is 0 Å². The summed E-state index contributed by atoms with van der Waals surface area (Å²) in [6.07, 6.45) is 3.37. The van der Waals surface area contributed by atoms with E-state index in [0.717, 1.165) is 11.1 Å². The fourth-order valence-corrected chi connectivity index (χ4v) is 2.40. The molecule has 0 aromatic heterocycles. The SMILES string of the molecule is N#C/C(=C\C(Br)=C\c1ccccc1)C(=O)NCc1ccccc1. The first kappa shape index (κ1) is 16.7. The first-order valence-electron chi connectivity index (χ1n) is 7.05. The van der Waals surface area contributed by atoms with Gasteiger partial charge in [0.05, 0.1) is 0 Å². The number of halogens is 1. The molecule has 0 radical (unpaired) electrons. The molecule has 0 heterocycles. The standard InChI is InChI=1S/C19H15BrN2O/c20-18(11-15-7-3-1-4-8-15)12-17(13-21)19(23)22-14-16-9-5-2-6-10-16/h1-12H,14H2,(H,22,23)/b17-12+,18-11-. The predicted molar refractivity (Wildman–Crippen MR) is 95.3 cm³/mol. The summed E-state index contributed by atoms with van der Waals surface area (Å²) < 4.78 is 0.662. The predicted octanol–water partition coefficient (Wildman–Crippen LogP) is 4.19. The van der Waals surface area contributed by atoms with Crippen LogP contribution in [0.15, 0.2) is 76.8 Å². The van der Waals surface area contributed by atoms with E-state index in [1.165, 1.54) is 6.08 Å². The molecule has 2 aromatic carbocycles. The van der Waals surface area contributed by atoms with Crippen LogP contribution in [0.3, 0.4) is 0 Å². The van der Waals surface area contributed by atoms with Gasteiger partial charge in [-0.1, -0.05) is 76.6 Å². The van der Waals surface area contributed by atoms with Crippen LogP contribution in [-0.4, -0.2) is 5.91 Å². The molecule has 1 amide bonds. The number of allylic oxidation sites excluding steroid dienone is 2. The lowest BCUT2D eigenvalue weighted by molar-refractivity contribution is -0.117. The summed E-state index contributed by atoms with van der Waals surface area (Å²) in [5.41, 5.74) is 2.02. The van der Waals surface area contributed by atoms with E-state index in [1.807, 2.05) is 72.8 Å². The number of nitrogens with zero attached hydrogens (tertiary/aromatic N) is 1. The lowest BCUT2D eigenvalue weighted by Crippen LogP contribution is -2.24.